The molecule has 1 heterocycles. The topological polar surface area (TPSA) is 83.0 Å². The van der Waals surface area contributed by atoms with Crippen molar-refractivity contribution in [3.05, 3.63) is 64.0 Å². The van der Waals surface area contributed by atoms with Crippen LogP contribution < -0.4 is 0 Å². The highest BCUT2D eigenvalue weighted by Crippen LogP contribution is 2.22. The maximum absolute atomic E-state index is 12.7. The summed E-state index contributed by atoms with van der Waals surface area (Å²) < 4.78 is 5.02. The van der Waals surface area contributed by atoms with Gasteiger partial charge in [-0.3, -0.25) is 4.79 Å². The number of nitrogens with zero attached hydrogens (tertiary/aromatic N) is 1. The van der Waals surface area contributed by atoms with Crippen LogP contribution in [0.5, 0.6) is 0 Å². The van der Waals surface area contributed by atoms with Crippen molar-refractivity contribution in [3.8, 4) is 6.07 Å². The minimum atomic E-state index is -0.478. The van der Waals surface area contributed by atoms with Crippen LogP contribution in [0.1, 0.15) is 44.6 Å². The van der Waals surface area contributed by atoms with Crippen molar-refractivity contribution in [2.24, 2.45) is 0 Å². The van der Waals surface area contributed by atoms with Crippen LogP contribution in [0.2, 0.25) is 0 Å². The number of nitrogens with one attached hydrogen (secondary N) is 1. The monoisotopic (exact) mass is 322 g/mol. The number of carbonyl (C=O) groups is 2. The van der Waals surface area contributed by atoms with Gasteiger partial charge in [0.2, 0.25) is 5.78 Å². The highest BCUT2D eigenvalue weighted by molar-refractivity contribution is 6.15. The number of rotatable bonds is 5. The molecule has 1 aromatic heterocycles. The van der Waals surface area contributed by atoms with E-state index >= 15 is 0 Å². The summed E-state index contributed by atoms with van der Waals surface area (Å²) in [4.78, 5) is 27.6. The molecule has 0 spiro atoms. The molecule has 2 aromatic rings. The number of ketones is 1. The molecule has 0 aliphatic rings. The molecule has 5 heteroatoms. The Bertz CT molecular complexity index is 839. The van der Waals surface area contributed by atoms with Crippen LogP contribution in [0.3, 0.4) is 0 Å². The van der Waals surface area contributed by atoms with Crippen molar-refractivity contribution in [1.82, 2.24) is 4.98 Å². The van der Waals surface area contributed by atoms with Gasteiger partial charge in [-0.25, -0.2) is 4.79 Å². The van der Waals surface area contributed by atoms with Crippen molar-refractivity contribution in [2.75, 3.05) is 6.61 Å². The summed E-state index contributed by atoms with van der Waals surface area (Å²) in [7, 11) is 0. The average molecular weight is 322 g/mol. The quantitative estimate of drug-likeness (QED) is 0.394. The molecule has 1 N–H and O–H groups in total. The molecular weight excluding hydrogens is 304 g/mol. The van der Waals surface area contributed by atoms with Gasteiger partial charge < -0.3 is 9.72 Å². The van der Waals surface area contributed by atoms with E-state index in [1.54, 1.807) is 20.8 Å². The number of Topliss-reactive ketones (excluding diaryl/α,β-unsaturated/α-hetero) is 1. The summed E-state index contributed by atoms with van der Waals surface area (Å²) in [6.07, 6.45) is 1.53. The number of aryl methyl sites for hydroxylation is 1. The van der Waals surface area contributed by atoms with E-state index in [1.807, 2.05) is 36.4 Å². The molecule has 2 rings (SSSR count). The Morgan fingerprint density at radius 2 is 1.92 bits per heavy atom. The maximum Gasteiger partial charge on any atom is 0.340 e. The zero-order valence-corrected chi connectivity index (χ0v) is 13.8. The molecule has 0 unspecified atom stereocenters. The van der Waals surface area contributed by atoms with Crippen molar-refractivity contribution in [1.29, 1.82) is 5.26 Å². The Balaban J connectivity index is 2.43. The zero-order chi connectivity index (χ0) is 17.7. The SMILES string of the molecule is CCOC(=O)c1c(C)[nH]c(C(=O)/C(C#N)=C/c2ccccc2)c1C. The molecule has 122 valence electrons. The van der Waals surface area contributed by atoms with E-state index in [9.17, 15) is 14.9 Å². The van der Waals surface area contributed by atoms with E-state index in [2.05, 4.69) is 4.98 Å². The summed E-state index contributed by atoms with van der Waals surface area (Å²) in [5.74, 6) is -0.925. The third kappa shape index (κ3) is 3.44. The van der Waals surface area contributed by atoms with E-state index < -0.39 is 11.8 Å². The van der Waals surface area contributed by atoms with Crippen molar-refractivity contribution >= 4 is 17.8 Å². The van der Waals surface area contributed by atoms with Crippen molar-refractivity contribution in [3.63, 3.8) is 0 Å². The molecule has 0 aliphatic heterocycles. The van der Waals surface area contributed by atoms with Gasteiger partial charge in [0.25, 0.3) is 0 Å². The molecular formula is C19H18N2O3. The number of aromatic nitrogens is 1. The molecule has 0 bridgehead atoms. The average Bonchev–Trinajstić information content (AvgIpc) is 2.87. The molecule has 0 aliphatic carbocycles. The number of hydrogen-bond donors (Lipinski definition) is 1. The highest BCUT2D eigenvalue weighted by atomic mass is 16.5. The first kappa shape index (κ1) is 17.2. The van der Waals surface area contributed by atoms with E-state index in [1.165, 1.54) is 6.08 Å². The van der Waals surface area contributed by atoms with Crippen molar-refractivity contribution in [2.45, 2.75) is 20.8 Å². The molecule has 5 nitrogen and oxygen atoms in total. The van der Waals surface area contributed by atoms with E-state index in [4.69, 9.17) is 4.74 Å². The van der Waals surface area contributed by atoms with E-state index in [-0.39, 0.29) is 17.9 Å². The van der Waals surface area contributed by atoms with Gasteiger partial charge in [-0.15, -0.1) is 0 Å². The Morgan fingerprint density at radius 3 is 2.50 bits per heavy atom. The van der Waals surface area contributed by atoms with Gasteiger partial charge in [0, 0.05) is 5.69 Å². The van der Waals surface area contributed by atoms with Gasteiger partial charge in [0.1, 0.15) is 11.6 Å². The molecule has 0 saturated heterocycles. The zero-order valence-electron chi connectivity index (χ0n) is 13.8. The van der Waals surface area contributed by atoms with Crippen LogP contribution in [0.15, 0.2) is 35.9 Å². The third-order valence-corrected chi connectivity index (χ3v) is 3.62. The van der Waals surface area contributed by atoms with Crippen LogP contribution in [0.25, 0.3) is 6.08 Å². The Hall–Kier alpha value is -3.13. The maximum atomic E-state index is 12.7. The number of allylic oxidation sites excluding steroid dienone is 1. The number of aromatic amines is 1. The second-order valence-corrected chi connectivity index (χ2v) is 5.26. The molecule has 0 fully saturated rings. The lowest BCUT2D eigenvalue weighted by atomic mass is 10.0. The largest absolute Gasteiger partial charge is 0.462 e. The van der Waals surface area contributed by atoms with Gasteiger partial charge in [-0.2, -0.15) is 5.26 Å². The lowest BCUT2D eigenvalue weighted by Gasteiger charge is -2.02. The summed E-state index contributed by atoms with van der Waals surface area (Å²) in [5.41, 5.74) is 2.38. The number of esters is 1. The minimum Gasteiger partial charge on any atom is -0.462 e. The molecule has 0 atom stereocenters. The summed E-state index contributed by atoms with van der Waals surface area (Å²) in [6.45, 7) is 5.34. The molecule has 0 saturated carbocycles. The normalized spacial score (nSPS) is 11.0. The Morgan fingerprint density at radius 1 is 1.25 bits per heavy atom. The molecule has 24 heavy (non-hydrogen) atoms. The molecule has 0 radical (unpaired) electrons. The fourth-order valence-electron chi connectivity index (χ4n) is 2.49. The third-order valence-electron chi connectivity index (χ3n) is 3.62. The summed E-state index contributed by atoms with van der Waals surface area (Å²) in [6, 6.07) is 11.1. The smallest absolute Gasteiger partial charge is 0.340 e. The Kier molecular flexibility index (Phi) is 5.33. The van der Waals surface area contributed by atoms with Gasteiger partial charge in [-0.1, -0.05) is 30.3 Å². The first-order chi connectivity index (χ1) is 11.5. The Labute approximate surface area is 140 Å². The van der Waals surface area contributed by atoms with Crippen molar-refractivity contribution < 1.29 is 14.3 Å². The fourth-order valence-corrected chi connectivity index (χ4v) is 2.49. The minimum absolute atomic E-state index is 0.000888. The highest BCUT2D eigenvalue weighted by Gasteiger charge is 2.24. The van der Waals surface area contributed by atoms with Gasteiger partial charge in [0.05, 0.1) is 17.9 Å². The fraction of sp³-hybridized carbons (Fsp3) is 0.211. The van der Waals surface area contributed by atoms with Crippen LogP contribution in [-0.2, 0) is 4.74 Å². The number of H-pyrrole nitrogens is 1. The standard InChI is InChI=1S/C19H18N2O3/c1-4-24-19(23)16-12(2)17(21-13(16)3)18(22)15(11-20)10-14-8-6-5-7-9-14/h5-10,21H,4H2,1-3H3/b15-10+. The van der Waals surface area contributed by atoms with Crippen LogP contribution in [0.4, 0.5) is 0 Å². The first-order valence-corrected chi connectivity index (χ1v) is 7.57. The van der Waals surface area contributed by atoms with E-state index in [0.717, 1.165) is 5.56 Å². The predicted octanol–water partition coefficient (Wildman–Crippen LogP) is 3.60. The number of nitriles is 1. The number of hydrogen-bond acceptors (Lipinski definition) is 4. The lowest BCUT2D eigenvalue weighted by molar-refractivity contribution is 0.0525. The number of benzene rings is 1. The first-order valence-electron chi connectivity index (χ1n) is 7.57. The number of ether oxygens (including phenoxy) is 1. The molecule has 0 amide bonds. The summed E-state index contributed by atoms with van der Waals surface area (Å²) in [5, 5.41) is 9.33. The van der Waals surface area contributed by atoms with Crippen LogP contribution >= 0.6 is 0 Å². The van der Waals surface area contributed by atoms with Gasteiger partial charge in [-0.05, 0) is 38.0 Å². The van der Waals surface area contributed by atoms with Crippen LogP contribution in [-0.4, -0.2) is 23.3 Å². The second-order valence-electron chi connectivity index (χ2n) is 5.26. The van der Waals surface area contributed by atoms with Gasteiger partial charge in [0.15, 0.2) is 0 Å². The van der Waals surface area contributed by atoms with Gasteiger partial charge >= 0.3 is 5.97 Å². The predicted molar refractivity (Wildman–Crippen MR) is 90.6 cm³/mol. The van der Waals surface area contributed by atoms with Crippen LogP contribution in [0, 0.1) is 25.2 Å². The molecule has 1 aromatic carbocycles. The lowest BCUT2D eigenvalue weighted by Crippen LogP contribution is -2.08. The second kappa shape index (κ2) is 7.42. The number of carbonyl (C=O) groups excluding carboxylic acids is 2. The van der Waals surface area contributed by atoms with E-state index in [0.29, 0.717) is 16.8 Å². The summed E-state index contributed by atoms with van der Waals surface area (Å²) >= 11 is 0.